The van der Waals surface area contributed by atoms with Gasteiger partial charge in [-0.05, 0) is 86.3 Å². The fourth-order valence-electron chi connectivity index (χ4n) is 7.19. The SMILES string of the molecule is c1ccc2c(c1)oc1cccc(-c3c4ccccc4c(-c4ccc5oc6ccc7occc7c6c5c4)c4ccccc34)c12. The molecule has 0 spiro atoms. The highest BCUT2D eigenvalue weighted by atomic mass is 16.3. The van der Waals surface area contributed by atoms with Gasteiger partial charge < -0.3 is 13.3 Å². The van der Waals surface area contributed by atoms with Crippen LogP contribution in [-0.4, -0.2) is 0 Å². The Balaban J connectivity index is 1.34. The fourth-order valence-corrected chi connectivity index (χ4v) is 7.19. The van der Waals surface area contributed by atoms with E-state index in [1.165, 1.54) is 38.2 Å². The summed E-state index contributed by atoms with van der Waals surface area (Å²) in [5.41, 5.74) is 9.18. The van der Waals surface area contributed by atoms with E-state index in [4.69, 9.17) is 13.3 Å². The lowest BCUT2D eigenvalue weighted by atomic mass is 9.84. The number of fused-ring (bicyclic) bond motifs is 10. The molecule has 0 N–H and O–H groups in total. The van der Waals surface area contributed by atoms with Gasteiger partial charge in [-0.1, -0.05) is 84.9 Å². The molecule has 0 aliphatic rings. The topological polar surface area (TPSA) is 39.4 Å². The van der Waals surface area contributed by atoms with E-state index in [0.29, 0.717) is 0 Å². The molecule has 10 rings (SSSR count). The molecule has 10 aromatic rings. The van der Waals surface area contributed by atoms with Crippen molar-refractivity contribution in [2.45, 2.75) is 0 Å². The summed E-state index contributed by atoms with van der Waals surface area (Å²) in [5.74, 6) is 0. The molecule has 0 unspecified atom stereocenters. The van der Waals surface area contributed by atoms with Gasteiger partial charge in [-0.25, -0.2) is 0 Å². The Hall–Kier alpha value is -5.80. The van der Waals surface area contributed by atoms with E-state index in [1.807, 2.05) is 30.3 Å². The van der Waals surface area contributed by atoms with E-state index in [1.54, 1.807) is 6.26 Å². The number of furan rings is 3. The van der Waals surface area contributed by atoms with Crippen LogP contribution in [0.4, 0.5) is 0 Å². The molecule has 0 atom stereocenters. The average Bonchev–Trinajstić information content (AvgIpc) is 3.78. The number of para-hydroxylation sites is 1. The second-order valence-corrected chi connectivity index (χ2v) is 11.2. The van der Waals surface area contributed by atoms with Crippen molar-refractivity contribution in [3.8, 4) is 22.3 Å². The highest BCUT2D eigenvalue weighted by Gasteiger charge is 2.21. The first-order valence-corrected chi connectivity index (χ1v) is 14.5. The summed E-state index contributed by atoms with van der Waals surface area (Å²) in [6, 6.07) is 44.9. The van der Waals surface area contributed by atoms with Gasteiger partial charge in [0.2, 0.25) is 0 Å². The van der Waals surface area contributed by atoms with Crippen LogP contribution in [0.25, 0.3) is 98.6 Å². The predicted octanol–water partition coefficient (Wildman–Crippen LogP) is 11.9. The Labute approximate surface area is 245 Å². The Morgan fingerprint density at radius 1 is 0.349 bits per heavy atom. The molecule has 0 bridgehead atoms. The van der Waals surface area contributed by atoms with Crippen LogP contribution in [-0.2, 0) is 0 Å². The van der Waals surface area contributed by atoms with Crippen LogP contribution in [0, 0.1) is 0 Å². The van der Waals surface area contributed by atoms with Crippen molar-refractivity contribution in [2.75, 3.05) is 0 Å². The zero-order chi connectivity index (χ0) is 28.1. The van der Waals surface area contributed by atoms with Gasteiger partial charge in [-0.3, -0.25) is 0 Å². The third kappa shape index (κ3) is 3.08. The minimum atomic E-state index is 0.863. The lowest BCUT2D eigenvalue weighted by molar-refractivity contribution is 0.615. The molecule has 0 saturated carbocycles. The fraction of sp³-hybridized carbons (Fsp3) is 0. The van der Waals surface area contributed by atoms with Crippen molar-refractivity contribution in [1.29, 1.82) is 0 Å². The number of rotatable bonds is 2. The van der Waals surface area contributed by atoms with Crippen molar-refractivity contribution in [2.24, 2.45) is 0 Å². The maximum absolute atomic E-state index is 6.31. The molecule has 0 aliphatic heterocycles. The first kappa shape index (κ1) is 22.8. The average molecular weight is 551 g/mol. The highest BCUT2D eigenvalue weighted by molar-refractivity contribution is 6.26. The van der Waals surface area contributed by atoms with Crippen LogP contribution in [0.3, 0.4) is 0 Å². The summed E-state index contributed by atoms with van der Waals surface area (Å²) in [7, 11) is 0. The van der Waals surface area contributed by atoms with Gasteiger partial charge >= 0.3 is 0 Å². The second kappa shape index (κ2) is 8.37. The van der Waals surface area contributed by atoms with Crippen LogP contribution in [0.15, 0.2) is 147 Å². The molecule has 0 amide bonds. The van der Waals surface area contributed by atoms with Crippen LogP contribution in [0.2, 0.25) is 0 Å². The van der Waals surface area contributed by atoms with Gasteiger partial charge in [0.05, 0.1) is 6.26 Å². The lowest BCUT2D eigenvalue weighted by Gasteiger charge is -2.18. The summed E-state index contributed by atoms with van der Waals surface area (Å²) in [6.07, 6.45) is 1.75. The quantitative estimate of drug-likeness (QED) is 0.201. The van der Waals surface area contributed by atoms with Gasteiger partial charge in [0.1, 0.15) is 27.9 Å². The Kier molecular flexibility index (Phi) is 4.45. The molecule has 7 aromatic carbocycles. The van der Waals surface area contributed by atoms with Crippen LogP contribution in [0.1, 0.15) is 0 Å². The molecule has 3 heteroatoms. The van der Waals surface area contributed by atoms with E-state index >= 15 is 0 Å². The van der Waals surface area contributed by atoms with E-state index in [9.17, 15) is 0 Å². The maximum Gasteiger partial charge on any atom is 0.136 e. The Bertz CT molecular complexity index is 2680. The zero-order valence-electron chi connectivity index (χ0n) is 22.9. The summed E-state index contributed by atoms with van der Waals surface area (Å²) in [4.78, 5) is 0. The molecule has 43 heavy (non-hydrogen) atoms. The molecule has 200 valence electrons. The number of hydrogen-bond donors (Lipinski definition) is 0. The predicted molar refractivity (Wildman–Crippen MR) is 177 cm³/mol. The zero-order valence-corrected chi connectivity index (χ0v) is 22.9. The van der Waals surface area contributed by atoms with Crippen LogP contribution in [0.5, 0.6) is 0 Å². The minimum absolute atomic E-state index is 0.863. The number of benzene rings is 7. The Morgan fingerprint density at radius 2 is 0.907 bits per heavy atom. The van der Waals surface area contributed by atoms with Crippen LogP contribution >= 0.6 is 0 Å². The molecule has 3 aromatic heterocycles. The second-order valence-electron chi connectivity index (χ2n) is 11.2. The molecule has 0 aliphatic carbocycles. The largest absolute Gasteiger partial charge is 0.464 e. The van der Waals surface area contributed by atoms with Crippen molar-refractivity contribution in [1.82, 2.24) is 0 Å². The monoisotopic (exact) mass is 550 g/mol. The van der Waals surface area contributed by atoms with Gasteiger partial charge in [0.15, 0.2) is 0 Å². The number of hydrogen-bond acceptors (Lipinski definition) is 3. The van der Waals surface area contributed by atoms with Gasteiger partial charge in [-0.15, -0.1) is 0 Å². The molecule has 0 saturated heterocycles. The smallest absolute Gasteiger partial charge is 0.136 e. The van der Waals surface area contributed by atoms with Crippen molar-refractivity contribution >= 4 is 76.4 Å². The van der Waals surface area contributed by atoms with Gasteiger partial charge in [0, 0.05) is 26.9 Å². The Morgan fingerprint density at radius 3 is 1.67 bits per heavy atom. The van der Waals surface area contributed by atoms with E-state index in [-0.39, 0.29) is 0 Å². The van der Waals surface area contributed by atoms with E-state index < -0.39 is 0 Å². The van der Waals surface area contributed by atoms with E-state index in [2.05, 4.69) is 97.1 Å². The summed E-state index contributed by atoms with van der Waals surface area (Å²) in [5, 5.41) is 10.4. The van der Waals surface area contributed by atoms with Crippen molar-refractivity contribution in [3.05, 3.63) is 134 Å². The molecule has 0 fully saturated rings. The van der Waals surface area contributed by atoms with Crippen molar-refractivity contribution in [3.63, 3.8) is 0 Å². The molecular formula is C40H22O3. The molecule has 3 heterocycles. The summed E-state index contributed by atoms with van der Waals surface area (Å²) >= 11 is 0. The van der Waals surface area contributed by atoms with Gasteiger partial charge in [0.25, 0.3) is 0 Å². The summed E-state index contributed by atoms with van der Waals surface area (Å²) in [6.45, 7) is 0. The third-order valence-electron chi connectivity index (χ3n) is 8.96. The summed E-state index contributed by atoms with van der Waals surface area (Å²) < 4.78 is 18.3. The maximum atomic E-state index is 6.31. The van der Waals surface area contributed by atoms with Crippen LogP contribution < -0.4 is 0 Å². The normalized spacial score (nSPS) is 12.2. The standard InChI is InChI=1S/C40H22O3/c1-3-10-26-24(8-1)37(23-16-17-34-31(22-23)40-29-20-21-41-32(29)18-19-36(40)43-34)25-9-2-4-11-27(25)38(26)30-13-7-15-35-39(30)28-12-5-6-14-33(28)42-35/h1-22H. The van der Waals surface area contributed by atoms with Gasteiger partial charge in [-0.2, -0.15) is 0 Å². The first-order valence-electron chi connectivity index (χ1n) is 14.5. The minimum Gasteiger partial charge on any atom is -0.464 e. The molecular weight excluding hydrogens is 528 g/mol. The molecule has 0 radical (unpaired) electrons. The van der Waals surface area contributed by atoms with E-state index in [0.717, 1.165) is 60.4 Å². The highest BCUT2D eigenvalue weighted by Crippen LogP contribution is 2.47. The third-order valence-corrected chi connectivity index (χ3v) is 8.96. The molecule has 3 nitrogen and oxygen atoms in total. The first-order chi connectivity index (χ1) is 21.3. The lowest BCUT2D eigenvalue weighted by Crippen LogP contribution is -1.91. The van der Waals surface area contributed by atoms with Crippen molar-refractivity contribution < 1.29 is 13.3 Å².